The zero-order valence-electron chi connectivity index (χ0n) is 11.6. The molecule has 0 atom stereocenters. The minimum Gasteiger partial charge on any atom is -0.481 e. The number of nitrogens with one attached hydrogen (secondary N) is 1. The Balaban J connectivity index is 1.82. The van der Waals surface area contributed by atoms with Gasteiger partial charge in [0.15, 0.2) is 0 Å². The average molecular weight is 267 g/mol. The topological polar surface area (TPSA) is 66.4 Å². The molecule has 2 saturated carbocycles. The first-order valence-electron chi connectivity index (χ1n) is 7.62. The Kier molecular flexibility index (Phi) is 4.83. The number of amides is 1. The second kappa shape index (κ2) is 6.40. The van der Waals surface area contributed by atoms with Gasteiger partial charge < -0.3 is 10.4 Å². The van der Waals surface area contributed by atoms with Crippen molar-refractivity contribution in [2.24, 2.45) is 11.3 Å². The van der Waals surface area contributed by atoms with Crippen LogP contribution in [0.1, 0.15) is 64.2 Å². The maximum Gasteiger partial charge on any atom is 0.310 e. The Hall–Kier alpha value is -1.06. The van der Waals surface area contributed by atoms with Crippen LogP contribution in [0.2, 0.25) is 0 Å². The van der Waals surface area contributed by atoms with E-state index in [-0.39, 0.29) is 12.3 Å². The van der Waals surface area contributed by atoms with Gasteiger partial charge in [-0.2, -0.15) is 0 Å². The molecule has 108 valence electrons. The summed E-state index contributed by atoms with van der Waals surface area (Å²) in [7, 11) is 0. The molecule has 0 spiro atoms. The van der Waals surface area contributed by atoms with Crippen LogP contribution in [0.3, 0.4) is 0 Å². The van der Waals surface area contributed by atoms with Crippen LogP contribution in [0.5, 0.6) is 0 Å². The number of rotatable bonds is 5. The molecule has 0 bridgehead atoms. The Morgan fingerprint density at radius 3 is 2.26 bits per heavy atom. The van der Waals surface area contributed by atoms with Crippen molar-refractivity contribution in [2.75, 3.05) is 6.54 Å². The maximum atomic E-state index is 12.0. The van der Waals surface area contributed by atoms with E-state index in [4.69, 9.17) is 0 Å². The molecule has 2 N–H and O–H groups in total. The van der Waals surface area contributed by atoms with Crippen molar-refractivity contribution >= 4 is 11.9 Å². The van der Waals surface area contributed by atoms with E-state index in [2.05, 4.69) is 5.32 Å². The number of carbonyl (C=O) groups is 2. The Morgan fingerprint density at radius 1 is 1.05 bits per heavy atom. The largest absolute Gasteiger partial charge is 0.481 e. The normalized spacial score (nSPS) is 23.2. The number of carboxylic acids is 1. The van der Waals surface area contributed by atoms with Crippen molar-refractivity contribution in [3.63, 3.8) is 0 Å². The van der Waals surface area contributed by atoms with Crippen LogP contribution in [-0.2, 0) is 9.59 Å². The predicted octanol–water partition coefficient (Wildman–Crippen LogP) is 2.72. The molecule has 4 heteroatoms. The number of hydrogen-bond donors (Lipinski definition) is 2. The lowest BCUT2D eigenvalue weighted by Crippen LogP contribution is -2.40. The molecule has 2 aliphatic rings. The number of carbonyl (C=O) groups excluding carboxylic acids is 1. The highest BCUT2D eigenvalue weighted by atomic mass is 16.4. The third-order valence-electron chi connectivity index (χ3n) is 4.83. The van der Waals surface area contributed by atoms with Gasteiger partial charge in [-0.25, -0.2) is 0 Å². The van der Waals surface area contributed by atoms with E-state index in [1.807, 2.05) is 0 Å². The summed E-state index contributed by atoms with van der Waals surface area (Å²) >= 11 is 0. The van der Waals surface area contributed by atoms with E-state index < -0.39 is 11.4 Å². The molecule has 1 amide bonds. The highest BCUT2D eigenvalue weighted by Gasteiger charge is 2.41. The molecule has 0 aliphatic heterocycles. The molecule has 0 radical (unpaired) electrons. The summed E-state index contributed by atoms with van der Waals surface area (Å²) in [4.78, 5) is 23.5. The molecule has 0 unspecified atom stereocenters. The van der Waals surface area contributed by atoms with Crippen molar-refractivity contribution < 1.29 is 14.7 Å². The fourth-order valence-electron chi connectivity index (χ4n) is 3.54. The number of hydrogen-bond acceptors (Lipinski definition) is 2. The summed E-state index contributed by atoms with van der Waals surface area (Å²) in [5.41, 5.74) is -0.794. The Labute approximate surface area is 115 Å². The molecular weight excluding hydrogens is 242 g/mol. The van der Waals surface area contributed by atoms with Gasteiger partial charge in [0.25, 0.3) is 0 Å². The first-order valence-corrected chi connectivity index (χ1v) is 7.62. The van der Waals surface area contributed by atoms with E-state index in [1.165, 1.54) is 25.7 Å². The smallest absolute Gasteiger partial charge is 0.310 e. The summed E-state index contributed by atoms with van der Waals surface area (Å²) in [5, 5.41) is 12.4. The summed E-state index contributed by atoms with van der Waals surface area (Å²) in [6.07, 6.45) is 9.35. The molecule has 2 rings (SSSR count). The van der Waals surface area contributed by atoms with Crippen LogP contribution < -0.4 is 5.32 Å². The van der Waals surface area contributed by atoms with Gasteiger partial charge in [-0.3, -0.25) is 9.59 Å². The minimum absolute atomic E-state index is 0.0730. The van der Waals surface area contributed by atoms with Crippen LogP contribution >= 0.6 is 0 Å². The van der Waals surface area contributed by atoms with Gasteiger partial charge in [0, 0.05) is 13.0 Å². The van der Waals surface area contributed by atoms with E-state index in [9.17, 15) is 14.7 Å². The fourth-order valence-corrected chi connectivity index (χ4v) is 3.54. The lowest BCUT2D eigenvalue weighted by atomic mass is 9.71. The first kappa shape index (κ1) is 14.4. The zero-order chi connectivity index (χ0) is 13.7. The molecule has 2 fully saturated rings. The summed E-state index contributed by atoms with van der Waals surface area (Å²) < 4.78 is 0. The summed E-state index contributed by atoms with van der Waals surface area (Å²) in [5.74, 6) is -0.254. The number of aliphatic carboxylic acids is 1. The highest BCUT2D eigenvalue weighted by Crippen LogP contribution is 2.39. The van der Waals surface area contributed by atoms with E-state index in [0.29, 0.717) is 18.8 Å². The molecule has 4 nitrogen and oxygen atoms in total. The van der Waals surface area contributed by atoms with Crippen molar-refractivity contribution in [3.05, 3.63) is 0 Å². The van der Waals surface area contributed by atoms with Crippen LogP contribution in [0.15, 0.2) is 0 Å². The Morgan fingerprint density at radius 2 is 1.68 bits per heavy atom. The van der Waals surface area contributed by atoms with Crippen molar-refractivity contribution in [3.8, 4) is 0 Å². The fraction of sp³-hybridized carbons (Fsp3) is 0.867. The van der Waals surface area contributed by atoms with Crippen LogP contribution in [0.4, 0.5) is 0 Å². The van der Waals surface area contributed by atoms with Gasteiger partial charge in [0.05, 0.1) is 5.41 Å². The lowest BCUT2D eigenvalue weighted by Gasteiger charge is -2.32. The standard InChI is InChI=1S/C15H25NO3/c17-13(16-11-12-6-2-3-7-12)10-15(14(18)19)8-4-1-5-9-15/h12H,1-11H2,(H,16,17)(H,18,19). The SMILES string of the molecule is O=C(CC1(C(=O)O)CCCCC1)NCC1CCCC1. The molecule has 19 heavy (non-hydrogen) atoms. The molecule has 0 aromatic carbocycles. The molecule has 0 heterocycles. The van der Waals surface area contributed by atoms with Gasteiger partial charge >= 0.3 is 5.97 Å². The van der Waals surface area contributed by atoms with Gasteiger partial charge in [0.2, 0.25) is 5.91 Å². The Bertz CT molecular complexity index is 328. The van der Waals surface area contributed by atoms with Gasteiger partial charge in [0.1, 0.15) is 0 Å². The average Bonchev–Trinajstić information content (AvgIpc) is 2.90. The van der Waals surface area contributed by atoms with E-state index in [0.717, 1.165) is 25.8 Å². The molecular formula is C15H25NO3. The monoisotopic (exact) mass is 267 g/mol. The van der Waals surface area contributed by atoms with Gasteiger partial charge in [-0.15, -0.1) is 0 Å². The van der Waals surface area contributed by atoms with E-state index >= 15 is 0 Å². The third kappa shape index (κ3) is 3.71. The van der Waals surface area contributed by atoms with Crippen LogP contribution in [-0.4, -0.2) is 23.5 Å². The van der Waals surface area contributed by atoms with Gasteiger partial charge in [-0.1, -0.05) is 32.1 Å². The van der Waals surface area contributed by atoms with Crippen LogP contribution in [0, 0.1) is 11.3 Å². The third-order valence-corrected chi connectivity index (χ3v) is 4.83. The second-order valence-corrected chi connectivity index (χ2v) is 6.28. The quantitative estimate of drug-likeness (QED) is 0.805. The highest BCUT2D eigenvalue weighted by molar-refractivity contribution is 5.85. The molecule has 0 saturated heterocycles. The maximum absolute atomic E-state index is 12.0. The van der Waals surface area contributed by atoms with Crippen molar-refractivity contribution in [2.45, 2.75) is 64.2 Å². The summed E-state index contributed by atoms with van der Waals surface area (Å²) in [6, 6.07) is 0. The molecule has 0 aromatic heterocycles. The molecule has 0 aromatic rings. The van der Waals surface area contributed by atoms with Gasteiger partial charge in [-0.05, 0) is 31.6 Å². The van der Waals surface area contributed by atoms with E-state index in [1.54, 1.807) is 0 Å². The first-order chi connectivity index (χ1) is 9.12. The van der Waals surface area contributed by atoms with Crippen molar-refractivity contribution in [1.29, 1.82) is 0 Å². The van der Waals surface area contributed by atoms with Crippen molar-refractivity contribution in [1.82, 2.24) is 5.32 Å². The molecule has 2 aliphatic carbocycles. The lowest BCUT2D eigenvalue weighted by molar-refractivity contribution is -0.154. The summed E-state index contributed by atoms with van der Waals surface area (Å²) in [6.45, 7) is 0.731. The minimum atomic E-state index is -0.794. The number of carboxylic acid groups (broad SMARTS) is 1. The predicted molar refractivity (Wildman–Crippen MR) is 72.7 cm³/mol. The van der Waals surface area contributed by atoms with Crippen LogP contribution in [0.25, 0.3) is 0 Å². The zero-order valence-corrected chi connectivity index (χ0v) is 11.6. The second-order valence-electron chi connectivity index (χ2n) is 6.28.